The molecule has 9 heteroatoms. The van der Waals surface area contributed by atoms with Crippen molar-refractivity contribution in [3.05, 3.63) is 47.7 Å². The van der Waals surface area contributed by atoms with E-state index in [1.807, 2.05) is 0 Å². The molecule has 2 rings (SSSR count). The normalized spacial score (nSPS) is 11.3. The fourth-order valence-corrected chi connectivity index (χ4v) is 3.20. The van der Waals surface area contributed by atoms with E-state index in [1.165, 1.54) is 44.8 Å². The highest BCUT2D eigenvalue weighted by Gasteiger charge is 2.23. The number of amides is 1. The predicted molar refractivity (Wildman–Crippen MR) is 90.7 cm³/mol. The molecule has 7 nitrogen and oxygen atoms in total. The van der Waals surface area contributed by atoms with Crippen LogP contribution in [0.15, 0.2) is 47.6 Å². The van der Waals surface area contributed by atoms with Crippen LogP contribution >= 0.6 is 11.6 Å². The van der Waals surface area contributed by atoms with Crippen molar-refractivity contribution in [1.82, 2.24) is 9.29 Å². The average molecular weight is 370 g/mol. The Kier molecular flexibility index (Phi) is 5.76. The van der Waals surface area contributed by atoms with Crippen LogP contribution in [0.4, 0.5) is 5.69 Å². The van der Waals surface area contributed by atoms with Gasteiger partial charge in [-0.2, -0.15) is 4.31 Å². The number of sulfonamides is 1. The molecule has 128 valence electrons. The Morgan fingerprint density at radius 1 is 1.38 bits per heavy atom. The van der Waals surface area contributed by atoms with Gasteiger partial charge in [0.25, 0.3) is 0 Å². The Balaban J connectivity index is 2.11. The highest BCUT2D eigenvalue weighted by Crippen LogP contribution is 2.27. The number of pyridine rings is 1. The quantitative estimate of drug-likeness (QED) is 0.841. The summed E-state index contributed by atoms with van der Waals surface area (Å²) in [5.41, 5.74) is 0.363. The van der Waals surface area contributed by atoms with Crippen LogP contribution in [0, 0.1) is 0 Å². The molecule has 0 aliphatic rings. The molecule has 0 radical (unpaired) electrons. The number of carbonyl (C=O) groups is 1. The summed E-state index contributed by atoms with van der Waals surface area (Å²) in [6, 6.07) is 7.67. The molecule has 24 heavy (non-hydrogen) atoms. The average Bonchev–Trinajstić information content (AvgIpc) is 2.55. The van der Waals surface area contributed by atoms with Crippen LogP contribution in [-0.2, 0) is 14.8 Å². The van der Waals surface area contributed by atoms with Crippen molar-refractivity contribution in [2.45, 2.75) is 4.90 Å². The zero-order chi connectivity index (χ0) is 17.7. The SMILES string of the molecule is COc1ccc(Cl)cc1NC(=O)CN(C)S(=O)(=O)c1cccnc1. The molecule has 1 heterocycles. The van der Waals surface area contributed by atoms with Crippen LogP contribution in [-0.4, -0.2) is 44.3 Å². The third-order valence-electron chi connectivity index (χ3n) is 3.14. The molecular formula is C15H16ClN3O4S. The van der Waals surface area contributed by atoms with E-state index in [1.54, 1.807) is 12.1 Å². The maximum atomic E-state index is 12.4. The summed E-state index contributed by atoms with van der Waals surface area (Å²) in [6.45, 7) is -0.368. The van der Waals surface area contributed by atoms with Crippen LogP contribution in [0.5, 0.6) is 5.75 Å². The number of rotatable bonds is 6. The first kappa shape index (κ1) is 18.2. The van der Waals surface area contributed by atoms with Gasteiger partial charge < -0.3 is 10.1 Å². The van der Waals surface area contributed by atoms with E-state index >= 15 is 0 Å². The number of halogens is 1. The summed E-state index contributed by atoms with van der Waals surface area (Å²) < 4.78 is 30.8. The van der Waals surface area contributed by atoms with E-state index in [0.29, 0.717) is 16.5 Å². The van der Waals surface area contributed by atoms with Crippen molar-refractivity contribution in [2.75, 3.05) is 26.0 Å². The van der Waals surface area contributed by atoms with Crippen molar-refractivity contribution in [2.24, 2.45) is 0 Å². The molecule has 1 aromatic carbocycles. The van der Waals surface area contributed by atoms with Gasteiger partial charge in [-0.1, -0.05) is 11.6 Å². The Morgan fingerprint density at radius 3 is 2.75 bits per heavy atom. The fraction of sp³-hybridized carbons (Fsp3) is 0.200. The number of nitrogens with one attached hydrogen (secondary N) is 1. The zero-order valence-electron chi connectivity index (χ0n) is 13.1. The minimum Gasteiger partial charge on any atom is -0.495 e. The van der Waals surface area contributed by atoms with Crippen molar-refractivity contribution < 1.29 is 17.9 Å². The standard InChI is InChI=1S/C15H16ClN3O4S/c1-19(24(21,22)12-4-3-7-17-9-12)10-15(20)18-13-8-11(16)5-6-14(13)23-2/h3-9H,10H2,1-2H3,(H,18,20). The maximum absolute atomic E-state index is 12.4. The minimum atomic E-state index is -3.80. The first-order valence-electron chi connectivity index (χ1n) is 6.84. The second-order valence-electron chi connectivity index (χ2n) is 4.84. The minimum absolute atomic E-state index is 0.0145. The van der Waals surface area contributed by atoms with E-state index < -0.39 is 15.9 Å². The van der Waals surface area contributed by atoms with Crippen LogP contribution in [0.2, 0.25) is 5.02 Å². The largest absolute Gasteiger partial charge is 0.495 e. The Hall–Kier alpha value is -2.16. The second-order valence-corrected chi connectivity index (χ2v) is 7.32. The summed E-state index contributed by atoms with van der Waals surface area (Å²) in [5, 5.41) is 3.01. The van der Waals surface area contributed by atoms with Crippen molar-refractivity contribution in [1.29, 1.82) is 0 Å². The van der Waals surface area contributed by atoms with Crippen LogP contribution in [0.1, 0.15) is 0 Å². The second kappa shape index (κ2) is 7.61. The van der Waals surface area contributed by atoms with E-state index in [-0.39, 0.29) is 11.4 Å². The van der Waals surface area contributed by atoms with Crippen LogP contribution in [0.25, 0.3) is 0 Å². The fourth-order valence-electron chi connectivity index (χ4n) is 1.93. The van der Waals surface area contributed by atoms with E-state index in [2.05, 4.69) is 10.3 Å². The molecule has 1 amide bonds. The number of aromatic nitrogens is 1. The van der Waals surface area contributed by atoms with Gasteiger partial charge in [-0.3, -0.25) is 9.78 Å². The maximum Gasteiger partial charge on any atom is 0.244 e. The number of hydrogen-bond acceptors (Lipinski definition) is 5. The number of carbonyl (C=O) groups excluding carboxylic acids is 1. The Labute approximate surface area is 145 Å². The molecule has 0 unspecified atom stereocenters. The van der Waals surface area contributed by atoms with Crippen molar-refractivity contribution >= 4 is 33.2 Å². The summed E-state index contributed by atoms with van der Waals surface area (Å²) in [5.74, 6) is -0.101. The molecule has 0 fully saturated rings. The Bertz CT molecular complexity index is 828. The van der Waals surface area contributed by atoms with Crippen LogP contribution < -0.4 is 10.1 Å². The number of nitrogens with zero attached hydrogens (tertiary/aromatic N) is 2. The van der Waals surface area contributed by atoms with Crippen LogP contribution in [0.3, 0.4) is 0 Å². The van der Waals surface area contributed by atoms with Gasteiger partial charge in [-0.05, 0) is 30.3 Å². The van der Waals surface area contributed by atoms with Crippen molar-refractivity contribution in [3.63, 3.8) is 0 Å². The summed E-state index contributed by atoms with van der Waals surface area (Å²) >= 11 is 5.90. The van der Waals surface area contributed by atoms with Gasteiger partial charge in [-0.15, -0.1) is 0 Å². The summed E-state index contributed by atoms with van der Waals surface area (Å²) in [6.07, 6.45) is 2.70. The van der Waals surface area contributed by atoms with Crippen molar-refractivity contribution in [3.8, 4) is 5.75 Å². The molecule has 0 saturated heterocycles. The molecular weight excluding hydrogens is 354 g/mol. The van der Waals surface area contributed by atoms with Gasteiger partial charge >= 0.3 is 0 Å². The highest BCUT2D eigenvalue weighted by molar-refractivity contribution is 7.89. The van der Waals surface area contributed by atoms with Gasteiger partial charge in [0.2, 0.25) is 15.9 Å². The Morgan fingerprint density at radius 2 is 2.12 bits per heavy atom. The van der Waals surface area contributed by atoms with E-state index in [9.17, 15) is 13.2 Å². The predicted octanol–water partition coefficient (Wildman–Crippen LogP) is 2.00. The lowest BCUT2D eigenvalue weighted by atomic mass is 10.3. The molecule has 0 aliphatic carbocycles. The van der Waals surface area contributed by atoms with Gasteiger partial charge in [0.15, 0.2) is 0 Å². The van der Waals surface area contributed by atoms with Gasteiger partial charge in [0.1, 0.15) is 10.6 Å². The molecule has 1 N–H and O–H groups in total. The van der Waals surface area contributed by atoms with Gasteiger partial charge in [-0.25, -0.2) is 8.42 Å². The number of anilines is 1. The molecule has 0 spiro atoms. The topological polar surface area (TPSA) is 88.6 Å². The third kappa shape index (κ3) is 4.22. The van der Waals surface area contributed by atoms with E-state index in [0.717, 1.165) is 4.31 Å². The first-order valence-corrected chi connectivity index (χ1v) is 8.66. The molecule has 2 aromatic rings. The molecule has 0 aliphatic heterocycles. The highest BCUT2D eigenvalue weighted by atomic mass is 35.5. The lowest BCUT2D eigenvalue weighted by Crippen LogP contribution is -2.35. The smallest absolute Gasteiger partial charge is 0.244 e. The number of methoxy groups -OCH3 is 1. The summed E-state index contributed by atoms with van der Waals surface area (Å²) in [4.78, 5) is 15.9. The van der Waals surface area contributed by atoms with Gasteiger partial charge in [0.05, 0.1) is 19.3 Å². The molecule has 1 aromatic heterocycles. The van der Waals surface area contributed by atoms with E-state index in [4.69, 9.17) is 16.3 Å². The zero-order valence-corrected chi connectivity index (χ0v) is 14.6. The molecule has 0 saturated carbocycles. The monoisotopic (exact) mass is 369 g/mol. The first-order chi connectivity index (χ1) is 11.3. The molecule has 0 atom stereocenters. The number of benzene rings is 1. The number of ether oxygens (including phenoxy) is 1. The third-order valence-corrected chi connectivity index (χ3v) is 5.17. The number of hydrogen-bond donors (Lipinski definition) is 1. The lowest BCUT2D eigenvalue weighted by Gasteiger charge is -2.17. The lowest BCUT2D eigenvalue weighted by molar-refractivity contribution is -0.116. The van der Waals surface area contributed by atoms with Gasteiger partial charge in [0, 0.05) is 24.5 Å². The summed E-state index contributed by atoms with van der Waals surface area (Å²) in [7, 11) is -1.02. The molecule has 0 bridgehead atoms. The number of likely N-dealkylation sites (N-methyl/N-ethyl adjacent to an activating group) is 1.